The summed E-state index contributed by atoms with van der Waals surface area (Å²) in [7, 11) is 1.70. The number of nitrogens with two attached hydrogens (primary N) is 4. The molecule has 0 radical (unpaired) electrons. The Morgan fingerprint density at radius 2 is 1.87 bits per heavy atom. The predicted octanol–water partition coefficient (Wildman–Crippen LogP) is 2.42. The first-order valence-corrected chi connectivity index (χ1v) is 11.1. The van der Waals surface area contributed by atoms with Crippen molar-refractivity contribution in [1.29, 1.82) is 0 Å². The van der Waals surface area contributed by atoms with Crippen molar-refractivity contribution in [1.82, 2.24) is 15.1 Å². The summed E-state index contributed by atoms with van der Waals surface area (Å²) in [6.07, 6.45) is 7.82. The average Bonchev–Trinajstić information content (AvgIpc) is 2.72. The van der Waals surface area contributed by atoms with E-state index in [1.54, 1.807) is 7.05 Å². The molecule has 0 aliphatic heterocycles. The Kier molecular flexibility index (Phi) is 9.39. The van der Waals surface area contributed by atoms with Gasteiger partial charge in [-0.2, -0.15) is 0 Å². The number of hydrogen-bond acceptors (Lipinski definition) is 8. The highest BCUT2D eigenvalue weighted by atomic mass is 16.5. The summed E-state index contributed by atoms with van der Waals surface area (Å²) in [6, 6.07) is 3.78. The van der Waals surface area contributed by atoms with Crippen molar-refractivity contribution in [2.75, 3.05) is 13.6 Å². The molecule has 2 rings (SSSR count). The highest BCUT2D eigenvalue weighted by Gasteiger charge is 2.18. The number of hydrazine groups is 2. The van der Waals surface area contributed by atoms with Gasteiger partial charge in [0.25, 0.3) is 0 Å². The van der Waals surface area contributed by atoms with Crippen molar-refractivity contribution in [3.8, 4) is 5.75 Å². The molecule has 9 nitrogen and oxygen atoms in total. The summed E-state index contributed by atoms with van der Waals surface area (Å²) in [4.78, 5) is 4.65. The van der Waals surface area contributed by atoms with Gasteiger partial charge < -0.3 is 21.2 Å². The van der Waals surface area contributed by atoms with Gasteiger partial charge in [-0.1, -0.05) is 20.3 Å². The van der Waals surface area contributed by atoms with Crippen LogP contribution in [0.2, 0.25) is 0 Å². The summed E-state index contributed by atoms with van der Waals surface area (Å²) in [6.45, 7) is 6.40. The Balaban J connectivity index is 2.14. The minimum atomic E-state index is 0.197. The van der Waals surface area contributed by atoms with E-state index in [0.717, 1.165) is 30.7 Å². The number of aromatic nitrogens is 1. The van der Waals surface area contributed by atoms with Gasteiger partial charge in [0.1, 0.15) is 11.6 Å². The molecule has 1 aromatic rings. The highest BCUT2D eigenvalue weighted by Crippen LogP contribution is 2.26. The third-order valence-electron chi connectivity index (χ3n) is 5.44. The lowest BCUT2D eigenvalue weighted by atomic mass is 9.98. The number of ether oxygens (including phenoxy) is 1. The zero-order valence-corrected chi connectivity index (χ0v) is 19.5. The van der Waals surface area contributed by atoms with Crippen LogP contribution < -0.4 is 27.9 Å². The van der Waals surface area contributed by atoms with Gasteiger partial charge in [-0.05, 0) is 57.1 Å². The topological polar surface area (TPSA) is 145 Å². The first-order chi connectivity index (χ1) is 14.7. The molecule has 8 N–H and O–H groups in total. The fraction of sp³-hybridized carbons (Fsp3) is 0.636. The summed E-state index contributed by atoms with van der Waals surface area (Å²) in [5.41, 5.74) is 14.8. The van der Waals surface area contributed by atoms with E-state index in [1.165, 1.54) is 29.4 Å². The molecule has 1 aliphatic carbocycles. The van der Waals surface area contributed by atoms with E-state index in [9.17, 15) is 0 Å². The molecule has 9 heteroatoms. The molecule has 1 saturated carbocycles. The maximum atomic E-state index is 6.41. The molecule has 1 heterocycles. The van der Waals surface area contributed by atoms with E-state index in [1.807, 2.05) is 19.1 Å². The lowest BCUT2D eigenvalue weighted by molar-refractivity contribution is 0.153. The minimum absolute atomic E-state index is 0.197. The van der Waals surface area contributed by atoms with Crippen LogP contribution in [-0.4, -0.2) is 40.6 Å². The highest BCUT2D eigenvalue weighted by molar-refractivity contribution is 5.79. The van der Waals surface area contributed by atoms with E-state index in [2.05, 4.69) is 23.9 Å². The van der Waals surface area contributed by atoms with Gasteiger partial charge in [-0.15, -0.1) is 5.10 Å². The minimum Gasteiger partial charge on any atom is -0.489 e. The quantitative estimate of drug-likeness (QED) is 0.191. The Morgan fingerprint density at radius 3 is 2.45 bits per heavy atom. The van der Waals surface area contributed by atoms with E-state index in [4.69, 9.17) is 27.9 Å². The van der Waals surface area contributed by atoms with Crippen molar-refractivity contribution >= 4 is 11.5 Å². The van der Waals surface area contributed by atoms with Crippen LogP contribution in [0, 0.1) is 12.8 Å². The zero-order valence-electron chi connectivity index (χ0n) is 19.5. The molecule has 1 fully saturated rings. The van der Waals surface area contributed by atoms with Crippen molar-refractivity contribution in [2.45, 2.75) is 71.8 Å². The van der Waals surface area contributed by atoms with Crippen molar-refractivity contribution in [3.05, 3.63) is 29.2 Å². The van der Waals surface area contributed by atoms with Gasteiger partial charge in [0, 0.05) is 13.5 Å². The second-order valence-electron chi connectivity index (χ2n) is 8.75. The van der Waals surface area contributed by atoms with Crippen LogP contribution in [0.4, 0.5) is 0 Å². The van der Waals surface area contributed by atoms with Gasteiger partial charge in [0.05, 0.1) is 35.4 Å². The van der Waals surface area contributed by atoms with Gasteiger partial charge in [-0.25, -0.2) is 21.8 Å². The van der Waals surface area contributed by atoms with E-state index in [-0.39, 0.29) is 12.6 Å². The summed E-state index contributed by atoms with van der Waals surface area (Å²) in [5.74, 6) is 13.9. The molecule has 0 amide bonds. The van der Waals surface area contributed by atoms with E-state index >= 15 is 0 Å². The fourth-order valence-corrected chi connectivity index (χ4v) is 3.56. The number of hydrogen-bond donors (Lipinski definition) is 4. The largest absolute Gasteiger partial charge is 0.489 e. The number of pyridine rings is 1. The van der Waals surface area contributed by atoms with Crippen LogP contribution in [-0.2, 0) is 0 Å². The lowest BCUT2D eigenvalue weighted by Crippen LogP contribution is -2.38. The van der Waals surface area contributed by atoms with Crippen LogP contribution in [0.3, 0.4) is 0 Å². The molecule has 0 bridgehead atoms. The molecule has 0 atom stereocenters. The number of rotatable bonds is 10. The van der Waals surface area contributed by atoms with Crippen molar-refractivity contribution < 1.29 is 4.74 Å². The summed E-state index contributed by atoms with van der Waals surface area (Å²) in [5, 5.41) is 6.92. The van der Waals surface area contributed by atoms with Crippen LogP contribution in [0.1, 0.15) is 70.2 Å². The van der Waals surface area contributed by atoms with Crippen LogP contribution in [0.25, 0.3) is 5.70 Å². The molecule has 0 saturated heterocycles. The monoisotopic (exact) mass is 432 g/mol. The summed E-state index contributed by atoms with van der Waals surface area (Å²) < 4.78 is 6.16. The first-order valence-electron chi connectivity index (χ1n) is 11.1. The predicted molar refractivity (Wildman–Crippen MR) is 126 cm³/mol. The van der Waals surface area contributed by atoms with Gasteiger partial charge >= 0.3 is 0 Å². The second kappa shape index (κ2) is 11.8. The SMILES string of the molecule is Cc1nc(/C(N)=C(\CN(N)/N=C(\N)CCC(C)C)N(C)N)ccc1OC1CCCCC1. The molecule has 174 valence electrons. The summed E-state index contributed by atoms with van der Waals surface area (Å²) >= 11 is 0. The number of nitrogens with zero attached hydrogens (tertiary/aromatic N) is 4. The van der Waals surface area contributed by atoms with Gasteiger partial charge in [0.15, 0.2) is 0 Å². The first kappa shape index (κ1) is 24.7. The van der Waals surface area contributed by atoms with Crippen LogP contribution in [0.5, 0.6) is 5.75 Å². The molecular weight excluding hydrogens is 392 g/mol. The molecule has 0 aromatic carbocycles. The number of hydrazone groups is 1. The molecule has 0 unspecified atom stereocenters. The third-order valence-corrected chi connectivity index (χ3v) is 5.44. The molecule has 0 spiro atoms. The van der Waals surface area contributed by atoms with Crippen molar-refractivity contribution in [2.24, 2.45) is 34.2 Å². The molecule has 1 aliphatic rings. The molecule has 31 heavy (non-hydrogen) atoms. The van der Waals surface area contributed by atoms with Crippen LogP contribution in [0.15, 0.2) is 22.9 Å². The van der Waals surface area contributed by atoms with Crippen molar-refractivity contribution in [3.63, 3.8) is 0 Å². The second-order valence-corrected chi connectivity index (χ2v) is 8.75. The Hall–Kier alpha value is -2.52. The van der Waals surface area contributed by atoms with Gasteiger partial charge in [-0.3, -0.25) is 0 Å². The van der Waals surface area contributed by atoms with Gasteiger partial charge in [0.2, 0.25) is 0 Å². The Morgan fingerprint density at radius 1 is 1.19 bits per heavy atom. The number of amidine groups is 1. The maximum Gasteiger partial charge on any atom is 0.140 e. The smallest absolute Gasteiger partial charge is 0.140 e. The van der Waals surface area contributed by atoms with Crippen LogP contribution >= 0.6 is 0 Å². The lowest BCUT2D eigenvalue weighted by Gasteiger charge is -2.25. The standard InChI is InChI=1S/C22H40N8O/c1-15(2)10-13-21(23)28-30(26)14-19(29(4)25)22(24)18-11-12-20(16(3)27-18)31-17-8-6-5-7-9-17/h11-12,15,17H,5-10,13-14,24-26H2,1-4H3,(H2,23,28)/b22-19-. The maximum absolute atomic E-state index is 6.41. The normalized spacial score (nSPS) is 16.3. The third kappa shape index (κ3) is 7.91. The van der Waals surface area contributed by atoms with E-state index < -0.39 is 0 Å². The zero-order chi connectivity index (χ0) is 23.0. The Labute approximate surface area is 186 Å². The van der Waals surface area contributed by atoms with E-state index in [0.29, 0.717) is 35.3 Å². The number of aryl methyl sites for hydroxylation is 1. The molecular formula is C22H40N8O. The number of likely N-dealkylation sites (N-methyl/N-ethyl adjacent to an activating group) is 1. The molecule has 1 aromatic heterocycles. The Bertz CT molecular complexity index is 769. The fourth-order valence-electron chi connectivity index (χ4n) is 3.56. The average molecular weight is 433 g/mol.